The third-order valence-electron chi connectivity index (χ3n) is 12.5. The first-order chi connectivity index (χ1) is 25.5. The molecule has 2 aromatic carbocycles. The SMILES string of the molecule is CCOc1c(CN2O[C@@H](CO)[C@@H]([C@H](C)O)[C@H]2C(=O)N[C@H]2C[C@H]3C[C@H]([C@@H]2C)C3(C)C)cccc1-c1cc(C(=O)N[C@@H](CC(C)C)CN(C)C)cc(N(C)C)c1. The van der Waals surface area contributed by atoms with Crippen LogP contribution in [0.3, 0.4) is 0 Å². The van der Waals surface area contributed by atoms with Gasteiger partial charge >= 0.3 is 0 Å². The number of likely N-dealkylation sites (N-methyl/N-ethyl adjacent to an activating group) is 1. The van der Waals surface area contributed by atoms with E-state index in [-0.39, 0.29) is 42.5 Å². The molecule has 4 fully saturated rings. The largest absolute Gasteiger partial charge is 0.493 e. The average molecular weight is 750 g/mol. The van der Waals surface area contributed by atoms with Crippen molar-refractivity contribution in [2.75, 3.05) is 52.8 Å². The summed E-state index contributed by atoms with van der Waals surface area (Å²) < 4.78 is 6.38. The standard InChI is InChI=1S/C43H67N5O6/c1-12-53-40-28(14-13-15-34(40)29-17-30(19-33(18-29)47(10)11)41(51)44-32(16-25(2)3)23-46(8)9)22-48-39(38(27(5)50)37(24-49)54-48)42(52)45-36-21-31-20-35(26(36)4)43(31,6)7/h13-15,17-19,25-27,31-32,35-39,49-50H,12,16,20-24H2,1-11H3,(H,44,51)(H,45,52)/t26-,27-,31+,32-,35+,36-,37-,38+,39-/m0/s1. The van der Waals surface area contributed by atoms with Crippen molar-refractivity contribution in [2.45, 2.75) is 105 Å². The minimum atomic E-state index is -0.895. The first-order valence-electron chi connectivity index (χ1n) is 20.0. The second-order valence-corrected chi connectivity index (χ2v) is 17.7. The molecule has 3 saturated carbocycles. The average Bonchev–Trinajstić information content (AvgIpc) is 3.47. The van der Waals surface area contributed by atoms with E-state index < -0.39 is 24.2 Å². The summed E-state index contributed by atoms with van der Waals surface area (Å²) >= 11 is 0. The lowest BCUT2D eigenvalue weighted by Gasteiger charge is -2.62. The van der Waals surface area contributed by atoms with Gasteiger partial charge in [0.25, 0.3) is 5.91 Å². The maximum atomic E-state index is 14.3. The van der Waals surface area contributed by atoms with E-state index in [0.717, 1.165) is 41.8 Å². The Balaban J connectivity index is 1.47. The van der Waals surface area contributed by atoms with Crippen molar-refractivity contribution in [3.63, 3.8) is 0 Å². The van der Waals surface area contributed by atoms with Crippen LogP contribution in [0.2, 0.25) is 0 Å². The highest BCUT2D eigenvalue weighted by Crippen LogP contribution is 2.61. The number of aliphatic hydroxyl groups is 2. The van der Waals surface area contributed by atoms with Gasteiger partial charge in [0.05, 0.1) is 25.9 Å². The minimum Gasteiger partial charge on any atom is -0.493 e. The molecule has 11 nitrogen and oxygen atoms in total. The van der Waals surface area contributed by atoms with Crippen LogP contribution in [0.25, 0.3) is 11.1 Å². The molecular weight excluding hydrogens is 683 g/mol. The molecule has 1 aliphatic heterocycles. The Bertz CT molecular complexity index is 1600. The molecule has 9 atom stereocenters. The van der Waals surface area contributed by atoms with Crippen molar-refractivity contribution in [1.29, 1.82) is 0 Å². The maximum absolute atomic E-state index is 14.3. The number of hydrogen-bond donors (Lipinski definition) is 4. The number of fused-ring (bicyclic) bond motifs is 2. The number of ether oxygens (including phenoxy) is 1. The molecule has 54 heavy (non-hydrogen) atoms. The first kappa shape index (κ1) is 41.9. The van der Waals surface area contributed by atoms with E-state index >= 15 is 0 Å². The van der Waals surface area contributed by atoms with Crippen molar-refractivity contribution in [3.05, 3.63) is 47.5 Å². The molecule has 11 heteroatoms. The zero-order valence-corrected chi connectivity index (χ0v) is 34.6. The summed E-state index contributed by atoms with van der Waals surface area (Å²) in [7, 11) is 7.95. The summed E-state index contributed by atoms with van der Waals surface area (Å²) in [4.78, 5) is 38.6. The summed E-state index contributed by atoms with van der Waals surface area (Å²) in [5, 5.41) is 29.7. The minimum absolute atomic E-state index is 0.000968. The highest BCUT2D eigenvalue weighted by atomic mass is 16.7. The van der Waals surface area contributed by atoms with Gasteiger partial charge in [-0.1, -0.05) is 52.8 Å². The van der Waals surface area contributed by atoms with E-state index in [1.165, 1.54) is 6.42 Å². The molecule has 2 bridgehead atoms. The normalized spacial score (nSPS) is 27.4. The molecule has 0 unspecified atom stereocenters. The fourth-order valence-corrected chi connectivity index (χ4v) is 9.52. The van der Waals surface area contributed by atoms with Crippen molar-refractivity contribution < 1.29 is 29.4 Å². The smallest absolute Gasteiger partial charge is 0.251 e. The van der Waals surface area contributed by atoms with Gasteiger partial charge in [0.15, 0.2) is 0 Å². The van der Waals surface area contributed by atoms with Crippen molar-refractivity contribution in [1.82, 2.24) is 20.6 Å². The fraction of sp³-hybridized carbons (Fsp3) is 0.674. The summed E-state index contributed by atoms with van der Waals surface area (Å²) in [6, 6.07) is 11.0. The Hall–Kier alpha value is -3.22. The van der Waals surface area contributed by atoms with Crippen molar-refractivity contribution in [2.24, 2.45) is 35.0 Å². The molecule has 4 N–H and O–H groups in total. The third kappa shape index (κ3) is 8.91. The van der Waals surface area contributed by atoms with Crippen molar-refractivity contribution >= 4 is 17.5 Å². The zero-order chi connectivity index (χ0) is 39.6. The number of para-hydroxylation sites is 1. The molecule has 2 aromatic rings. The number of nitrogens with zero attached hydrogens (tertiary/aromatic N) is 3. The van der Waals surface area contributed by atoms with Crippen LogP contribution in [0.4, 0.5) is 5.69 Å². The number of carbonyl (C=O) groups excluding carboxylic acids is 2. The zero-order valence-electron chi connectivity index (χ0n) is 34.6. The van der Waals surface area contributed by atoms with Gasteiger partial charge in [-0.25, -0.2) is 0 Å². The number of amides is 2. The topological polar surface area (TPSA) is 127 Å². The van der Waals surface area contributed by atoms with Gasteiger partial charge in [0.2, 0.25) is 5.91 Å². The van der Waals surface area contributed by atoms with Crippen LogP contribution in [0.5, 0.6) is 5.75 Å². The quantitative estimate of drug-likeness (QED) is 0.184. The molecule has 6 rings (SSSR count). The second kappa shape index (κ2) is 17.3. The molecule has 300 valence electrons. The third-order valence-corrected chi connectivity index (χ3v) is 12.5. The maximum Gasteiger partial charge on any atom is 0.251 e. The number of rotatable bonds is 16. The van der Waals surface area contributed by atoms with Gasteiger partial charge in [0.1, 0.15) is 17.9 Å². The van der Waals surface area contributed by atoms with E-state index in [2.05, 4.69) is 56.2 Å². The monoisotopic (exact) mass is 750 g/mol. The van der Waals surface area contributed by atoms with E-state index in [1.54, 1.807) is 12.0 Å². The lowest BCUT2D eigenvalue weighted by atomic mass is 9.45. The number of carbonyl (C=O) groups is 2. The van der Waals surface area contributed by atoms with Crippen LogP contribution in [0, 0.1) is 35.0 Å². The number of hydrogen-bond acceptors (Lipinski definition) is 9. The summed E-state index contributed by atoms with van der Waals surface area (Å²) in [5.74, 6) is 1.56. The van der Waals surface area contributed by atoms with Crippen LogP contribution < -0.4 is 20.3 Å². The lowest BCUT2D eigenvalue weighted by Crippen LogP contribution is -2.62. The molecule has 4 aliphatic rings. The molecular formula is C43H67N5O6. The van der Waals surface area contributed by atoms with Gasteiger partial charge in [0, 0.05) is 61.0 Å². The Morgan fingerprint density at radius 3 is 2.39 bits per heavy atom. The van der Waals surface area contributed by atoms with Crippen LogP contribution in [-0.2, 0) is 16.2 Å². The molecule has 0 spiro atoms. The molecule has 1 heterocycles. The highest BCUT2D eigenvalue weighted by molar-refractivity contribution is 5.97. The predicted octanol–water partition coefficient (Wildman–Crippen LogP) is 5.19. The summed E-state index contributed by atoms with van der Waals surface area (Å²) in [5.41, 5.74) is 4.13. The Morgan fingerprint density at radius 1 is 1.09 bits per heavy atom. The van der Waals surface area contributed by atoms with Crippen LogP contribution in [0.1, 0.15) is 83.7 Å². The number of benzene rings is 2. The molecule has 2 amide bonds. The number of nitrogens with one attached hydrogen (secondary N) is 2. The number of aliphatic hydroxyl groups excluding tert-OH is 2. The fourth-order valence-electron chi connectivity index (χ4n) is 9.52. The van der Waals surface area contributed by atoms with Gasteiger partial charge in [-0.3, -0.25) is 14.4 Å². The number of anilines is 1. The Labute approximate surface area is 323 Å². The van der Waals surface area contributed by atoms with E-state index in [1.807, 2.05) is 70.3 Å². The Kier molecular flexibility index (Phi) is 13.4. The van der Waals surface area contributed by atoms with E-state index in [4.69, 9.17) is 9.57 Å². The van der Waals surface area contributed by atoms with E-state index in [9.17, 15) is 19.8 Å². The highest BCUT2D eigenvalue weighted by Gasteiger charge is 2.57. The van der Waals surface area contributed by atoms with Crippen LogP contribution >= 0.6 is 0 Å². The summed E-state index contributed by atoms with van der Waals surface area (Å²) in [6.07, 6.45) is 1.36. The molecule has 3 aliphatic carbocycles. The van der Waals surface area contributed by atoms with Gasteiger partial charge in [-0.05, 0) is 100 Å². The molecule has 0 radical (unpaired) electrons. The molecule has 1 saturated heterocycles. The lowest BCUT2D eigenvalue weighted by molar-refractivity contribution is -0.183. The second-order valence-electron chi connectivity index (χ2n) is 17.7. The van der Waals surface area contributed by atoms with Gasteiger partial charge < -0.3 is 35.4 Å². The van der Waals surface area contributed by atoms with Crippen LogP contribution in [-0.4, -0.2) is 110 Å². The van der Waals surface area contributed by atoms with Crippen molar-refractivity contribution in [3.8, 4) is 16.9 Å². The summed E-state index contributed by atoms with van der Waals surface area (Å²) in [6.45, 7) is 15.8. The van der Waals surface area contributed by atoms with E-state index in [0.29, 0.717) is 41.6 Å². The number of hydroxylamine groups is 2. The Morgan fingerprint density at radius 2 is 1.81 bits per heavy atom. The molecule has 0 aromatic heterocycles. The van der Waals surface area contributed by atoms with Gasteiger partial charge in [-0.2, -0.15) is 5.06 Å². The van der Waals surface area contributed by atoms with Crippen LogP contribution in [0.15, 0.2) is 36.4 Å². The van der Waals surface area contributed by atoms with Gasteiger partial charge in [-0.15, -0.1) is 0 Å². The predicted molar refractivity (Wildman–Crippen MR) is 214 cm³/mol. The first-order valence-corrected chi connectivity index (χ1v) is 20.0.